The molecule has 0 unspecified atom stereocenters. The number of carbonyl (C=O) groups is 1. The van der Waals surface area contributed by atoms with Crippen LogP contribution < -0.4 is 5.73 Å². The molecule has 1 aromatic heterocycles. The molecule has 1 saturated carbocycles. The van der Waals surface area contributed by atoms with E-state index in [0.29, 0.717) is 18.9 Å². The van der Waals surface area contributed by atoms with Crippen LogP contribution in [0.4, 0.5) is 18.0 Å². The molecule has 2 aromatic rings. The van der Waals surface area contributed by atoms with E-state index in [1.807, 2.05) is 0 Å². The molecule has 2 aliphatic rings. The summed E-state index contributed by atoms with van der Waals surface area (Å²) in [6, 6.07) is 2.59. The van der Waals surface area contributed by atoms with Gasteiger partial charge >= 0.3 is 6.09 Å². The van der Waals surface area contributed by atoms with Gasteiger partial charge in [-0.3, -0.25) is 0 Å². The summed E-state index contributed by atoms with van der Waals surface area (Å²) in [6.45, 7) is 4.20. The molecule has 7 nitrogen and oxygen atoms in total. The monoisotopic (exact) mass is 513 g/mol. The van der Waals surface area contributed by atoms with Gasteiger partial charge in [-0.2, -0.15) is 0 Å². The van der Waals surface area contributed by atoms with Crippen molar-refractivity contribution in [1.82, 2.24) is 9.88 Å². The van der Waals surface area contributed by atoms with E-state index in [1.165, 1.54) is 11.0 Å². The molecule has 0 bridgehead atoms. The lowest BCUT2D eigenvalue weighted by atomic mass is 9.82. The van der Waals surface area contributed by atoms with Crippen molar-refractivity contribution in [1.29, 1.82) is 0 Å². The summed E-state index contributed by atoms with van der Waals surface area (Å²) in [7, 11) is 0. The smallest absolute Gasteiger partial charge is 0.410 e. The van der Waals surface area contributed by atoms with Crippen LogP contribution in [-0.4, -0.2) is 51.4 Å². The van der Waals surface area contributed by atoms with Gasteiger partial charge in [0.15, 0.2) is 5.82 Å². The number of carbonyl (C=O) groups excluding carboxylic acids is 1. The second-order valence-electron chi connectivity index (χ2n) is 10.2. The number of rotatable bonds is 5. The zero-order chi connectivity index (χ0) is 25.9. The summed E-state index contributed by atoms with van der Waals surface area (Å²) in [5, 5.41) is 22.0. The molecule has 1 atom stereocenters. The number of aliphatic hydroxyl groups is 2. The van der Waals surface area contributed by atoms with Crippen molar-refractivity contribution < 1.29 is 32.9 Å². The lowest BCUT2D eigenvalue weighted by Crippen LogP contribution is -2.62. The van der Waals surface area contributed by atoms with E-state index in [9.17, 15) is 23.8 Å². The summed E-state index contributed by atoms with van der Waals surface area (Å²) in [6.07, 6.45) is 0.625. The predicted octanol–water partition coefficient (Wildman–Crippen LogP) is 3.81. The summed E-state index contributed by atoms with van der Waals surface area (Å²) >= 11 is 5.81. The number of aromatic nitrogens is 1. The van der Waals surface area contributed by atoms with Crippen LogP contribution in [0.5, 0.6) is 0 Å². The van der Waals surface area contributed by atoms with Gasteiger partial charge in [-0.25, -0.2) is 22.9 Å². The second kappa shape index (κ2) is 8.62. The summed E-state index contributed by atoms with van der Waals surface area (Å²) in [5.41, 5.74) is 0.193. The number of pyridine rings is 1. The lowest BCUT2D eigenvalue weighted by molar-refractivity contribution is -0.105. The molecule has 11 heteroatoms. The zero-order valence-electron chi connectivity index (χ0n) is 19.5. The molecule has 1 aromatic carbocycles. The Labute approximate surface area is 205 Å². The van der Waals surface area contributed by atoms with E-state index in [0.717, 1.165) is 6.07 Å². The number of ether oxygens (including phenoxy) is 1. The molecular weight excluding hydrogens is 487 g/mol. The molecule has 1 aliphatic heterocycles. The quantitative estimate of drug-likeness (QED) is 0.525. The Hall–Kier alpha value is -2.40. The summed E-state index contributed by atoms with van der Waals surface area (Å²) in [5.74, 6) is -3.49. The standard InChI is InChI=1S/C24H27ClF3N3O4/c1-22(2,3)35-21(32)31-10-23(33,11-31)14-7-18(24(34,9-29)12-4-5-12)30-20(19(14)28)13-6-15(25)17(27)8-16(13)26/h6-8,12,33-34H,4-5,9-11,29H2,1-3H3/t24-/m1/s1. The number of nitrogens with zero attached hydrogens (tertiary/aromatic N) is 2. The highest BCUT2D eigenvalue weighted by molar-refractivity contribution is 6.31. The van der Waals surface area contributed by atoms with Crippen molar-refractivity contribution >= 4 is 17.7 Å². The first-order valence-electron chi connectivity index (χ1n) is 11.2. The topological polar surface area (TPSA) is 109 Å². The van der Waals surface area contributed by atoms with Gasteiger partial charge in [0.25, 0.3) is 0 Å². The number of halogens is 4. The van der Waals surface area contributed by atoms with Crippen LogP contribution in [0.25, 0.3) is 11.3 Å². The molecular formula is C24H27ClF3N3O4. The van der Waals surface area contributed by atoms with Gasteiger partial charge in [0.2, 0.25) is 0 Å². The molecule has 1 saturated heterocycles. The third kappa shape index (κ3) is 4.72. The fourth-order valence-corrected chi connectivity index (χ4v) is 4.39. The Morgan fingerprint density at radius 2 is 1.86 bits per heavy atom. The molecule has 0 radical (unpaired) electrons. The molecule has 1 aliphatic carbocycles. The van der Waals surface area contributed by atoms with Crippen molar-refractivity contribution in [2.24, 2.45) is 11.7 Å². The van der Waals surface area contributed by atoms with Crippen LogP contribution in [0.15, 0.2) is 18.2 Å². The maximum atomic E-state index is 15.8. The van der Waals surface area contributed by atoms with Crippen LogP contribution in [0.3, 0.4) is 0 Å². The number of likely N-dealkylation sites (tertiary alicyclic amines) is 1. The van der Waals surface area contributed by atoms with Crippen LogP contribution in [0, 0.1) is 23.4 Å². The average Bonchev–Trinajstić information content (AvgIpc) is 3.58. The minimum absolute atomic E-state index is 0.0575. The van der Waals surface area contributed by atoms with Gasteiger partial charge in [-0.15, -0.1) is 0 Å². The Balaban J connectivity index is 1.81. The van der Waals surface area contributed by atoms with Gasteiger partial charge in [0.1, 0.15) is 34.1 Å². The molecule has 0 spiro atoms. The Bertz CT molecular complexity index is 1180. The summed E-state index contributed by atoms with van der Waals surface area (Å²) in [4.78, 5) is 17.7. The molecule has 190 valence electrons. The maximum absolute atomic E-state index is 15.8. The second-order valence-corrected chi connectivity index (χ2v) is 10.6. The van der Waals surface area contributed by atoms with Gasteiger partial charge in [-0.05, 0) is 51.7 Å². The molecule has 1 amide bonds. The van der Waals surface area contributed by atoms with Crippen molar-refractivity contribution in [2.75, 3.05) is 19.6 Å². The number of hydrogen-bond acceptors (Lipinski definition) is 6. The van der Waals surface area contributed by atoms with Crippen molar-refractivity contribution in [2.45, 2.75) is 50.4 Å². The third-order valence-electron chi connectivity index (χ3n) is 6.29. The van der Waals surface area contributed by atoms with Gasteiger partial charge in [-0.1, -0.05) is 11.6 Å². The third-order valence-corrected chi connectivity index (χ3v) is 6.58. The van der Waals surface area contributed by atoms with Crippen LogP contribution in [0.2, 0.25) is 5.02 Å². The predicted molar refractivity (Wildman–Crippen MR) is 122 cm³/mol. The molecule has 4 N–H and O–H groups in total. The fraction of sp³-hybridized carbons (Fsp3) is 0.500. The van der Waals surface area contributed by atoms with Crippen LogP contribution in [0.1, 0.15) is 44.9 Å². The number of β-amino-alcohol motifs (C(OH)–C–C–N with tert-alkyl or cyclic N) is 1. The number of benzene rings is 1. The van der Waals surface area contributed by atoms with E-state index in [4.69, 9.17) is 22.1 Å². The molecule has 2 heterocycles. The number of amides is 1. The average molecular weight is 514 g/mol. The van der Waals surface area contributed by atoms with E-state index < -0.39 is 56.6 Å². The lowest BCUT2D eigenvalue weighted by Gasteiger charge is -2.47. The molecule has 2 fully saturated rings. The van der Waals surface area contributed by atoms with Crippen LogP contribution in [-0.2, 0) is 15.9 Å². The molecule has 4 rings (SSSR count). The first-order valence-corrected chi connectivity index (χ1v) is 11.6. The Morgan fingerprint density at radius 3 is 2.40 bits per heavy atom. The van der Waals surface area contributed by atoms with E-state index in [1.54, 1.807) is 20.8 Å². The SMILES string of the molecule is CC(C)(C)OC(=O)N1CC(O)(c2cc([C@@](O)(CN)C3CC3)nc(-c3cc(Cl)c(F)cc3F)c2F)C1. The summed E-state index contributed by atoms with van der Waals surface area (Å²) < 4.78 is 49.5. The highest BCUT2D eigenvalue weighted by Crippen LogP contribution is 2.47. The highest BCUT2D eigenvalue weighted by atomic mass is 35.5. The minimum Gasteiger partial charge on any atom is -0.444 e. The minimum atomic E-state index is -1.87. The fourth-order valence-electron chi connectivity index (χ4n) is 4.22. The number of hydrogen-bond donors (Lipinski definition) is 3. The van der Waals surface area contributed by atoms with E-state index in [2.05, 4.69) is 4.98 Å². The Morgan fingerprint density at radius 1 is 1.23 bits per heavy atom. The van der Waals surface area contributed by atoms with E-state index >= 15 is 4.39 Å². The van der Waals surface area contributed by atoms with Crippen molar-refractivity contribution in [3.63, 3.8) is 0 Å². The Kier molecular flexibility index (Phi) is 6.32. The molecule has 35 heavy (non-hydrogen) atoms. The van der Waals surface area contributed by atoms with Crippen molar-refractivity contribution in [3.8, 4) is 11.3 Å². The zero-order valence-corrected chi connectivity index (χ0v) is 20.3. The first kappa shape index (κ1) is 25.7. The van der Waals surface area contributed by atoms with Crippen molar-refractivity contribution in [3.05, 3.63) is 51.9 Å². The number of nitrogens with two attached hydrogens (primary N) is 1. The van der Waals surface area contributed by atoms with Crippen LogP contribution >= 0.6 is 11.6 Å². The highest BCUT2D eigenvalue weighted by Gasteiger charge is 2.51. The maximum Gasteiger partial charge on any atom is 0.410 e. The largest absolute Gasteiger partial charge is 0.444 e. The van der Waals surface area contributed by atoms with E-state index in [-0.39, 0.29) is 36.8 Å². The normalized spacial score (nSPS) is 19.2. The van der Waals surface area contributed by atoms with Gasteiger partial charge in [0, 0.05) is 23.7 Å². The first-order chi connectivity index (χ1) is 16.2. The van der Waals surface area contributed by atoms with Gasteiger partial charge < -0.3 is 25.6 Å². The van der Waals surface area contributed by atoms with Gasteiger partial charge in [0.05, 0.1) is 23.8 Å².